The third kappa shape index (κ3) is 2.48. The molecular weight excluding hydrogens is 146 g/mol. The van der Waals surface area contributed by atoms with Crippen molar-refractivity contribution in [3.8, 4) is 0 Å². The highest BCUT2D eigenvalue weighted by Gasteiger charge is 2.29. The number of hydrogen-bond acceptors (Lipinski definition) is 1. The van der Waals surface area contributed by atoms with Crippen molar-refractivity contribution in [3.05, 3.63) is 0 Å². The second kappa shape index (κ2) is 4.27. The first-order chi connectivity index (χ1) is 5.63. The molecule has 1 saturated carbocycles. The van der Waals surface area contributed by atoms with Crippen LogP contribution in [0.3, 0.4) is 0 Å². The number of hydrogen-bond donors (Lipinski definition) is 1. The molecule has 1 aliphatic carbocycles. The van der Waals surface area contributed by atoms with Crippen LogP contribution in [0.4, 0.5) is 0 Å². The van der Waals surface area contributed by atoms with Crippen LogP contribution in [0.2, 0.25) is 0 Å². The summed E-state index contributed by atoms with van der Waals surface area (Å²) in [6.45, 7) is 7.04. The van der Waals surface area contributed by atoms with Crippen LogP contribution in [0.15, 0.2) is 0 Å². The van der Waals surface area contributed by atoms with Gasteiger partial charge in [-0.25, -0.2) is 0 Å². The third-order valence-corrected chi connectivity index (χ3v) is 3.15. The van der Waals surface area contributed by atoms with E-state index in [0.717, 1.165) is 23.8 Å². The fourth-order valence-corrected chi connectivity index (χ4v) is 2.64. The highest BCUT2D eigenvalue weighted by atomic mass is 14.9. The molecule has 12 heavy (non-hydrogen) atoms. The van der Waals surface area contributed by atoms with Gasteiger partial charge in [-0.2, -0.15) is 0 Å². The van der Waals surface area contributed by atoms with E-state index in [-0.39, 0.29) is 0 Å². The Bertz CT molecular complexity index is 131. The minimum Gasteiger partial charge on any atom is -0.317 e. The van der Waals surface area contributed by atoms with E-state index in [0.29, 0.717) is 0 Å². The van der Waals surface area contributed by atoms with E-state index >= 15 is 0 Å². The molecule has 1 nitrogen and oxygen atoms in total. The largest absolute Gasteiger partial charge is 0.317 e. The van der Waals surface area contributed by atoms with E-state index in [4.69, 9.17) is 0 Å². The fourth-order valence-electron chi connectivity index (χ4n) is 2.64. The van der Waals surface area contributed by atoms with Crippen LogP contribution in [-0.2, 0) is 0 Å². The van der Waals surface area contributed by atoms with Gasteiger partial charge in [0, 0.05) is 6.04 Å². The molecule has 1 N–H and O–H groups in total. The second-order valence-electron chi connectivity index (χ2n) is 4.84. The van der Waals surface area contributed by atoms with Crippen molar-refractivity contribution < 1.29 is 0 Å². The molecular formula is C11H23N. The summed E-state index contributed by atoms with van der Waals surface area (Å²) in [5, 5.41) is 3.42. The standard InChI is InChI=1S/C11H23N/c1-8(2)5-10-6-9(3)11(7-10)12-4/h8-12H,5-7H2,1-4H3. The average Bonchev–Trinajstić information content (AvgIpc) is 2.29. The van der Waals surface area contributed by atoms with Crippen LogP contribution in [0.5, 0.6) is 0 Å². The van der Waals surface area contributed by atoms with Gasteiger partial charge in [0.2, 0.25) is 0 Å². The zero-order valence-electron chi connectivity index (χ0n) is 8.93. The van der Waals surface area contributed by atoms with E-state index in [9.17, 15) is 0 Å². The SMILES string of the molecule is CNC1CC(CC(C)C)CC1C. The van der Waals surface area contributed by atoms with Gasteiger partial charge < -0.3 is 5.32 Å². The first kappa shape index (κ1) is 10.0. The molecule has 0 amide bonds. The molecule has 1 fully saturated rings. The molecule has 1 heteroatoms. The molecule has 72 valence electrons. The summed E-state index contributed by atoms with van der Waals surface area (Å²) in [5.41, 5.74) is 0. The Morgan fingerprint density at radius 2 is 2.00 bits per heavy atom. The van der Waals surface area contributed by atoms with Gasteiger partial charge in [0.1, 0.15) is 0 Å². The zero-order chi connectivity index (χ0) is 9.14. The number of rotatable bonds is 3. The van der Waals surface area contributed by atoms with Crippen LogP contribution in [0.25, 0.3) is 0 Å². The van der Waals surface area contributed by atoms with Crippen molar-refractivity contribution >= 4 is 0 Å². The fraction of sp³-hybridized carbons (Fsp3) is 1.00. The number of nitrogens with one attached hydrogen (secondary N) is 1. The van der Waals surface area contributed by atoms with Gasteiger partial charge in [0.15, 0.2) is 0 Å². The van der Waals surface area contributed by atoms with Gasteiger partial charge >= 0.3 is 0 Å². The summed E-state index contributed by atoms with van der Waals surface area (Å²) in [4.78, 5) is 0. The lowest BCUT2D eigenvalue weighted by Crippen LogP contribution is -2.27. The highest BCUT2D eigenvalue weighted by Crippen LogP contribution is 2.34. The Kier molecular flexibility index (Phi) is 3.57. The summed E-state index contributed by atoms with van der Waals surface area (Å²) in [6.07, 6.45) is 4.25. The Labute approximate surface area is 76.9 Å². The van der Waals surface area contributed by atoms with Crippen molar-refractivity contribution in [2.24, 2.45) is 17.8 Å². The van der Waals surface area contributed by atoms with E-state index in [1.807, 2.05) is 0 Å². The van der Waals surface area contributed by atoms with Crippen LogP contribution in [0, 0.1) is 17.8 Å². The van der Waals surface area contributed by atoms with Gasteiger partial charge in [0.05, 0.1) is 0 Å². The summed E-state index contributed by atoms with van der Waals surface area (Å²) in [6, 6.07) is 0.786. The maximum absolute atomic E-state index is 3.42. The van der Waals surface area contributed by atoms with Gasteiger partial charge in [-0.05, 0) is 44.1 Å². The highest BCUT2D eigenvalue weighted by molar-refractivity contribution is 4.85. The average molecular weight is 169 g/mol. The molecule has 0 aliphatic heterocycles. The molecule has 1 aliphatic rings. The van der Waals surface area contributed by atoms with Crippen molar-refractivity contribution in [1.82, 2.24) is 5.32 Å². The quantitative estimate of drug-likeness (QED) is 0.685. The first-order valence-corrected chi connectivity index (χ1v) is 5.30. The minimum atomic E-state index is 0.786. The summed E-state index contributed by atoms with van der Waals surface area (Å²) >= 11 is 0. The zero-order valence-corrected chi connectivity index (χ0v) is 8.93. The minimum absolute atomic E-state index is 0.786. The smallest absolute Gasteiger partial charge is 0.00924 e. The molecule has 0 aromatic heterocycles. The lowest BCUT2D eigenvalue weighted by Gasteiger charge is -2.13. The normalized spacial score (nSPS) is 36.2. The Morgan fingerprint density at radius 1 is 1.33 bits per heavy atom. The maximum atomic E-state index is 3.42. The first-order valence-electron chi connectivity index (χ1n) is 5.30. The van der Waals surface area contributed by atoms with Gasteiger partial charge in [-0.1, -0.05) is 20.8 Å². The van der Waals surface area contributed by atoms with Crippen LogP contribution in [-0.4, -0.2) is 13.1 Å². The van der Waals surface area contributed by atoms with Gasteiger partial charge in [0.25, 0.3) is 0 Å². The van der Waals surface area contributed by atoms with Crippen LogP contribution in [0.1, 0.15) is 40.0 Å². The Morgan fingerprint density at radius 3 is 2.42 bits per heavy atom. The molecule has 0 bridgehead atoms. The van der Waals surface area contributed by atoms with Gasteiger partial charge in [-0.3, -0.25) is 0 Å². The molecule has 1 rings (SSSR count). The molecule has 3 unspecified atom stereocenters. The summed E-state index contributed by atoms with van der Waals surface area (Å²) in [7, 11) is 2.10. The second-order valence-corrected chi connectivity index (χ2v) is 4.84. The topological polar surface area (TPSA) is 12.0 Å². The molecule has 3 atom stereocenters. The lowest BCUT2D eigenvalue weighted by molar-refractivity contribution is 0.406. The van der Waals surface area contributed by atoms with Crippen LogP contribution >= 0.6 is 0 Å². The summed E-state index contributed by atoms with van der Waals surface area (Å²) < 4.78 is 0. The van der Waals surface area contributed by atoms with E-state index < -0.39 is 0 Å². The molecule has 0 aromatic carbocycles. The molecule has 0 spiro atoms. The molecule has 0 radical (unpaired) electrons. The van der Waals surface area contributed by atoms with E-state index in [1.165, 1.54) is 19.3 Å². The van der Waals surface area contributed by atoms with Crippen molar-refractivity contribution in [2.75, 3.05) is 7.05 Å². The van der Waals surface area contributed by atoms with E-state index in [1.54, 1.807) is 0 Å². The predicted octanol–water partition coefficient (Wildman–Crippen LogP) is 2.67. The summed E-state index contributed by atoms with van der Waals surface area (Å²) in [5.74, 6) is 2.74. The van der Waals surface area contributed by atoms with Gasteiger partial charge in [-0.15, -0.1) is 0 Å². The molecule has 0 aromatic rings. The van der Waals surface area contributed by atoms with Crippen LogP contribution < -0.4 is 5.32 Å². The lowest BCUT2D eigenvalue weighted by atomic mass is 9.95. The monoisotopic (exact) mass is 169 g/mol. The molecule has 0 heterocycles. The van der Waals surface area contributed by atoms with Crippen molar-refractivity contribution in [2.45, 2.75) is 46.1 Å². The predicted molar refractivity (Wildman–Crippen MR) is 54.2 cm³/mol. The van der Waals surface area contributed by atoms with Crippen molar-refractivity contribution in [1.29, 1.82) is 0 Å². The Hall–Kier alpha value is -0.0400. The van der Waals surface area contributed by atoms with Crippen molar-refractivity contribution in [3.63, 3.8) is 0 Å². The third-order valence-electron chi connectivity index (χ3n) is 3.15. The van der Waals surface area contributed by atoms with E-state index in [2.05, 4.69) is 33.1 Å². The maximum Gasteiger partial charge on any atom is 0.00924 e. The Balaban J connectivity index is 2.33. The molecule has 0 saturated heterocycles.